The van der Waals surface area contributed by atoms with Crippen LogP contribution in [0.5, 0.6) is 11.5 Å². The van der Waals surface area contributed by atoms with Crippen molar-refractivity contribution in [3.05, 3.63) is 23.8 Å². The molecule has 32 heavy (non-hydrogen) atoms. The Morgan fingerprint density at radius 1 is 1.09 bits per heavy atom. The molecule has 3 fully saturated rings. The van der Waals surface area contributed by atoms with E-state index < -0.39 is 0 Å². The molecule has 1 aliphatic carbocycles. The molecular formula is C25H38N2O5. The van der Waals surface area contributed by atoms with Gasteiger partial charge in [0.15, 0.2) is 23.9 Å². The molecule has 1 amide bonds. The molecule has 1 atom stereocenters. The van der Waals surface area contributed by atoms with E-state index in [9.17, 15) is 4.79 Å². The van der Waals surface area contributed by atoms with Crippen LogP contribution in [-0.4, -0.2) is 62.2 Å². The summed E-state index contributed by atoms with van der Waals surface area (Å²) in [5, 5.41) is 3.49. The molecule has 0 aromatic heterocycles. The molecule has 0 radical (unpaired) electrons. The van der Waals surface area contributed by atoms with Crippen molar-refractivity contribution in [1.29, 1.82) is 0 Å². The maximum atomic E-state index is 12.4. The molecule has 178 valence electrons. The van der Waals surface area contributed by atoms with E-state index in [4.69, 9.17) is 18.9 Å². The summed E-state index contributed by atoms with van der Waals surface area (Å²) in [4.78, 5) is 14.3. The lowest BCUT2D eigenvalue weighted by atomic mass is 9.94. The first-order chi connectivity index (χ1) is 15.7. The monoisotopic (exact) mass is 446 g/mol. The number of likely N-dealkylation sites (tertiary alicyclic amines) is 1. The fraction of sp³-hybridized carbons (Fsp3) is 0.720. The Balaban J connectivity index is 1.25. The van der Waals surface area contributed by atoms with Gasteiger partial charge in [0.25, 0.3) is 5.91 Å². The molecular weight excluding hydrogens is 408 g/mol. The SMILES string of the molecule is CCOc1cc(CNCC2COC3(CCCCC3)O2)ccc1OCC(=O)N1CCCCC1. The molecule has 1 aromatic rings. The van der Waals surface area contributed by atoms with Gasteiger partial charge in [-0.15, -0.1) is 0 Å². The second kappa shape index (κ2) is 11.3. The van der Waals surface area contributed by atoms with Crippen molar-refractivity contribution in [3.63, 3.8) is 0 Å². The van der Waals surface area contributed by atoms with Gasteiger partial charge in [-0.25, -0.2) is 0 Å². The number of carbonyl (C=O) groups excluding carboxylic acids is 1. The van der Waals surface area contributed by atoms with Crippen LogP contribution in [0.4, 0.5) is 0 Å². The maximum Gasteiger partial charge on any atom is 0.260 e. The van der Waals surface area contributed by atoms with Crippen LogP contribution >= 0.6 is 0 Å². The molecule has 1 spiro atoms. The van der Waals surface area contributed by atoms with E-state index in [1.807, 2.05) is 30.0 Å². The Morgan fingerprint density at radius 2 is 1.88 bits per heavy atom. The zero-order chi connectivity index (χ0) is 22.2. The summed E-state index contributed by atoms with van der Waals surface area (Å²) in [6.07, 6.45) is 9.17. The van der Waals surface area contributed by atoms with Crippen LogP contribution in [0.1, 0.15) is 63.9 Å². The zero-order valence-electron chi connectivity index (χ0n) is 19.4. The first-order valence-electron chi connectivity index (χ1n) is 12.4. The zero-order valence-corrected chi connectivity index (χ0v) is 19.4. The van der Waals surface area contributed by atoms with E-state index in [1.54, 1.807) is 0 Å². The van der Waals surface area contributed by atoms with E-state index in [0.717, 1.165) is 50.9 Å². The minimum Gasteiger partial charge on any atom is -0.490 e. The van der Waals surface area contributed by atoms with Gasteiger partial charge in [0, 0.05) is 39.0 Å². The number of ether oxygens (including phenoxy) is 4. The molecule has 1 saturated carbocycles. The van der Waals surface area contributed by atoms with Crippen molar-refractivity contribution >= 4 is 5.91 Å². The number of nitrogens with zero attached hydrogens (tertiary/aromatic N) is 1. The van der Waals surface area contributed by atoms with Crippen molar-refractivity contribution in [2.45, 2.75) is 76.7 Å². The number of amides is 1. The lowest BCUT2D eigenvalue weighted by Crippen LogP contribution is -2.38. The highest BCUT2D eigenvalue weighted by molar-refractivity contribution is 5.78. The summed E-state index contributed by atoms with van der Waals surface area (Å²) in [5.41, 5.74) is 1.11. The average molecular weight is 447 g/mol. The van der Waals surface area contributed by atoms with E-state index in [2.05, 4.69) is 5.32 Å². The van der Waals surface area contributed by atoms with E-state index in [-0.39, 0.29) is 24.4 Å². The number of piperidine rings is 1. The Kier molecular flexibility index (Phi) is 8.27. The third-order valence-electron chi connectivity index (χ3n) is 6.60. The van der Waals surface area contributed by atoms with E-state index in [1.165, 1.54) is 25.7 Å². The molecule has 1 unspecified atom stereocenters. The van der Waals surface area contributed by atoms with Crippen molar-refractivity contribution in [3.8, 4) is 11.5 Å². The maximum absolute atomic E-state index is 12.4. The van der Waals surface area contributed by atoms with Gasteiger partial charge in [-0.05, 0) is 56.7 Å². The number of rotatable bonds is 9. The van der Waals surface area contributed by atoms with Gasteiger partial charge in [0.05, 0.1) is 19.3 Å². The lowest BCUT2D eigenvalue weighted by Gasteiger charge is -2.31. The first-order valence-corrected chi connectivity index (χ1v) is 12.4. The summed E-state index contributed by atoms with van der Waals surface area (Å²) < 4.78 is 23.9. The van der Waals surface area contributed by atoms with E-state index >= 15 is 0 Å². The molecule has 2 saturated heterocycles. The standard InChI is InChI=1S/C25H38N2O5/c1-2-29-23-15-20(9-10-22(23)30-19-24(28)27-13-7-4-8-14-27)16-26-17-21-18-31-25(32-21)11-5-3-6-12-25/h9-10,15,21,26H,2-8,11-14,16-19H2,1H3. The van der Waals surface area contributed by atoms with E-state index in [0.29, 0.717) is 31.3 Å². The molecule has 2 aliphatic heterocycles. The summed E-state index contributed by atoms with van der Waals surface area (Å²) in [6, 6.07) is 5.91. The minimum atomic E-state index is -0.322. The van der Waals surface area contributed by atoms with Gasteiger partial charge in [0.2, 0.25) is 0 Å². The van der Waals surface area contributed by atoms with Crippen LogP contribution in [0.25, 0.3) is 0 Å². The van der Waals surface area contributed by atoms with Crippen LogP contribution in [-0.2, 0) is 20.8 Å². The van der Waals surface area contributed by atoms with Gasteiger partial charge < -0.3 is 29.2 Å². The van der Waals surface area contributed by atoms with Crippen LogP contribution < -0.4 is 14.8 Å². The summed E-state index contributed by atoms with van der Waals surface area (Å²) >= 11 is 0. The van der Waals surface area contributed by atoms with Crippen molar-refractivity contribution < 1.29 is 23.7 Å². The summed E-state index contributed by atoms with van der Waals surface area (Å²) in [7, 11) is 0. The first kappa shape index (κ1) is 23.3. The highest BCUT2D eigenvalue weighted by atomic mass is 16.7. The number of nitrogens with one attached hydrogen (secondary N) is 1. The minimum absolute atomic E-state index is 0.0485. The Labute approximate surface area is 191 Å². The van der Waals surface area contributed by atoms with Crippen LogP contribution in [0.3, 0.4) is 0 Å². The fourth-order valence-corrected chi connectivity index (χ4v) is 4.87. The van der Waals surface area contributed by atoms with Gasteiger partial charge in [0.1, 0.15) is 0 Å². The third kappa shape index (κ3) is 6.15. The number of hydrogen-bond donors (Lipinski definition) is 1. The predicted molar refractivity (Wildman–Crippen MR) is 122 cm³/mol. The smallest absolute Gasteiger partial charge is 0.260 e. The normalized spacial score (nSPS) is 22.8. The van der Waals surface area contributed by atoms with Crippen LogP contribution in [0.15, 0.2) is 18.2 Å². The molecule has 1 aromatic carbocycles. The van der Waals surface area contributed by atoms with Crippen LogP contribution in [0, 0.1) is 0 Å². The Bertz CT molecular complexity index is 744. The number of benzene rings is 1. The van der Waals surface area contributed by atoms with Crippen molar-refractivity contribution in [1.82, 2.24) is 10.2 Å². The molecule has 2 heterocycles. The molecule has 7 heteroatoms. The quantitative estimate of drug-likeness (QED) is 0.625. The second-order valence-corrected chi connectivity index (χ2v) is 9.10. The van der Waals surface area contributed by atoms with Gasteiger partial charge in [-0.3, -0.25) is 4.79 Å². The second-order valence-electron chi connectivity index (χ2n) is 9.10. The molecule has 1 N–H and O–H groups in total. The summed E-state index contributed by atoms with van der Waals surface area (Å²) in [5.74, 6) is 1.03. The predicted octanol–water partition coefficient (Wildman–Crippen LogP) is 3.64. The molecule has 7 nitrogen and oxygen atoms in total. The van der Waals surface area contributed by atoms with Gasteiger partial charge in [-0.2, -0.15) is 0 Å². The molecule has 3 aliphatic rings. The van der Waals surface area contributed by atoms with Crippen molar-refractivity contribution in [2.24, 2.45) is 0 Å². The average Bonchev–Trinajstić information content (AvgIpc) is 3.21. The van der Waals surface area contributed by atoms with Gasteiger partial charge in [-0.1, -0.05) is 12.5 Å². The fourth-order valence-electron chi connectivity index (χ4n) is 4.87. The largest absolute Gasteiger partial charge is 0.490 e. The topological polar surface area (TPSA) is 69.3 Å². The molecule has 4 rings (SSSR count). The Hall–Kier alpha value is -1.83. The number of hydrogen-bond acceptors (Lipinski definition) is 6. The highest BCUT2D eigenvalue weighted by Gasteiger charge is 2.41. The van der Waals surface area contributed by atoms with Crippen molar-refractivity contribution in [2.75, 3.05) is 39.5 Å². The Morgan fingerprint density at radius 3 is 2.66 bits per heavy atom. The van der Waals surface area contributed by atoms with Crippen LogP contribution in [0.2, 0.25) is 0 Å². The molecule has 0 bridgehead atoms. The third-order valence-corrected chi connectivity index (χ3v) is 6.60. The van der Waals surface area contributed by atoms with Gasteiger partial charge >= 0.3 is 0 Å². The number of carbonyl (C=O) groups is 1. The highest BCUT2D eigenvalue weighted by Crippen LogP contribution is 2.37. The lowest BCUT2D eigenvalue weighted by molar-refractivity contribution is -0.186. The summed E-state index contributed by atoms with van der Waals surface area (Å²) in [6.45, 7) is 6.35.